The van der Waals surface area contributed by atoms with Crippen LogP contribution in [0.15, 0.2) is 63.9 Å². The molecule has 1 aromatic heterocycles. The van der Waals surface area contributed by atoms with E-state index in [0.29, 0.717) is 37.8 Å². The van der Waals surface area contributed by atoms with Crippen LogP contribution in [0.2, 0.25) is 10.0 Å². The average molecular weight is 474 g/mol. The fraction of sp³-hybridized carbons (Fsp3) is 0.130. The summed E-state index contributed by atoms with van der Waals surface area (Å²) in [5.41, 5.74) is 1.81. The van der Waals surface area contributed by atoms with E-state index >= 15 is 0 Å². The van der Waals surface area contributed by atoms with Gasteiger partial charge in [0.05, 0.1) is 16.5 Å². The van der Waals surface area contributed by atoms with Crippen molar-refractivity contribution < 1.29 is 18.7 Å². The maximum Gasteiger partial charge on any atom is 0.293 e. The van der Waals surface area contributed by atoms with Crippen LogP contribution in [-0.2, 0) is 4.79 Å². The predicted molar refractivity (Wildman–Crippen MR) is 124 cm³/mol. The highest BCUT2D eigenvalue weighted by Gasteiger charge is 2.35. The lowest BCUT2D eigenvalue weighted by atomic mass is 10.2. The van der Waals surface area contributed by atoms with Crippen molar-refractivity contribution in [1.29, 1.82) is 0 Å². The molecule has 2 aromatic carbocycles. The van der Waals surface area contributed by atoms with Crippen LogP contribution in [0.3, 0.4) is 0 Å². The highest BCUT2D eigenvalue weighted by molar-refractivity contribution is 8.18. The molecule has 1 aliphatic heterocycles. The number of hydrogen-bond donors (Lipinski definition) is 0. The summed E-state index contributed by atoms with van der Waals surface area (Å²) < 4.78 is 11.4. The van der Waals surface area contributed by atoms with Gasteiger partial charge >= 0.3 is 0 Å². The summed E-state index contributed by atoms with van der Waals surface area (Å²) in [6.45, 7) is 2.37. The summed E-state index contributed by atoms with van der Waals surface area (Å²) in [5, 5.41) is 0.652. The van der Waals surface area contributed by atoms with Gasteiger partial charge < -0.3 is 9.15 Å². The van der Waals surface area contributed by atoms with Gasteiger partial charge in [0.25, 0.3) is 11.1 Å². The Morgan fingerprint density at radius 2 is 1.84 bits per heavy atom. The molecule has 0 aliphatic carbocycles. The molecule has 0 unspecified atom stereocenters. The van der Waals surface area contributed by atoms with Crippen LogP contribution in [0.5, 0.6) is 5.75 Å². The van der Waals surface area contributed by atoms with E-state index in [9.17, 15) is 9.59 Å². The average Bonchev–Trinajstić information content (AvgIpc) is 3.29. The number of furan rings is 1. The molecule has 0 atom stereocenters. The predicted octanol–water partition coefficient (Wildman–Crippen LogP) is 6.68. The van der Waals surface area contributed by atoms with Crippen molar-refractivity contribution in [1.82, 2.24) is 4.90 Å². The molecule has 1 fully saturated rings. The molecule has 1 aliphatic rings. The molecule has 0 spiro atoms. The van der Waals surface area contributed by atoms with Crippen LogP contribution in [0.4, 0.5) is 4.79 Å². The largest absolute Gasteiger partial charge is 0.492 e. The van der Waals surface area contributed by atoms with Crippen LogP contribution >= 0.6 is 35.0 Å². The number of thioether (sulfide) groups is 1. The maximum atomic E-state index is 12.7. The fourth-order valence-electron chi connectivity index (χ4n) is 2.98. The van der Waals surface area contributed by atoms with Gasteiger partial charge in [-0.25, -0.2) is 0 Å². The van der Waals surface area contributed by atoms with Gasteiger partial charge in [0.1, 0.15) is 23.9 Å². The first-order valence-corrected chi connectivity index (χ1v) is 11.0. The number of imide groups is 1. The number of rotatable bonds is 6. The second-order valence-electron chi connectivity index (χ2n) is 6.82. The Labute approximate surface area is 193 Å². The van der Waals surface area contributed by atoms with Gasteiger partial charge in [-0.3, -0.25) is 14.5 Å². The zero-order chi connectivity index (χ0) is 22.0. The minimum atomic E-state index is -0.370. The number of amides is 2. The van der Waals surface area contributed by atoms with E-state index in [2.05, 4.69) is 0 Å². The summed E-state index contributed by atoms with van der Waals surface area (Å²) in [7, 11) is 0. The number of hydrogen-bond acceptors (Lipinski definition) is 5. The van der Waals surface area contributed by atoms with Crippen molar-refractivity contribution in [3.63, 3.8) is 0 Å². The molecular weight excluding hydrogens is 457 g/mol. The first kappa shape index (κ1) is 21.6. The fourth-order valence-corrected chi connectivity index (χ4v) is 4.32. The number of carbonyl (C=O) groups excluding carboxylic acids is 2. The first-order valence-electron chi connectivity index (χ1n) is 9.41. The first-order chi connectivity index (χ1) is 14.9. The smallest absolute Gasteiger partial charge is 0.293 e. The van der Waals surface area contributed by atoms with Gasteiger partial charge in [0.2, 0.25) is 0 Å². The monoisotopic (exact) mass is 473 g/mol. The van der Waals surface area contributed by atoms with E-state index in [1.807, 2.05) is 31.2 Å². The lowest BCUT2D eigenvalue weighted by Crippen LogP contribution is -2.32. The number of aryl methyl sites for hydroxylation is 1. The molecule has 0 radical (unpaired) electrons. The van der Waals surface area contributed by atoms with Crippen LogP contribution in [-0.4, -0.2) is 29.2 Å². The number of ether oxygens (including phenoxy) is 1. The summed E-state index contributed by atoms with van der Waals surface area (Å²) in [5.74, 6) is 1.31. The van der Waals surface area contributed by atoms with E-state index in [-0.39, 0.29) is 24.3 Å². The van der Waals surface area contributed by atoms with Crippen LogP contribution in [0.25, 0.3) is 17.4 Å². The van der Waals surface area contributed by atoms with Gasteiger partial charge in [-0.15, -0.1) is 0 Å². The Kier molecular flexibility index (Phi) is 6.41. The van der Waals surface area contributed by atoms with E-state index < -0.39 is 0 Å². The zero-order valence-electron chi connectivity index (χ0n) is 16.4. The zero-order valence-corrected chi connectivity index (χ0v) is 18.8. The number of nitrogens with zero attached hydrogens (tertiary/aromatic N) is 1. The molecule has 31 heavy (non-hydrogen) atoms. The van der Waals surface area contributed by atoms with Gasteiger partial charge in [0, 0.05) is 16.7 Å². The molecule has 0 bridgehead atoms. The maximum absolute atomic E-state index is 12.7. The topological polar surface area (TPSA) is 59.8 Å². The summed E-state index contributed by atoms with van der Waals surface area (Å²) in [6, 6.07) is 16.2. The van der Waals surface area contributed by atoms with E-state index in [1.54, 1.807) is 36.4 Å². The van der Waals surface area contributed by atoms with Crippen molar-refractivity contribution in [2.24, 2.45) is 0 Å². The Bertz CT molecular complexity index is 1170. The van der Waals surface area contributed by atoms with Crippen LogP contribution < -0.4 is 4.74 Å². The molecule has 0 N–H and O–H groups in total. The van der Waals surface area contributed by atoms with Gasteiger partial charge in [-0.1, -0.05) is 40.9 Å². The Balaban J connectivity index is 1.42. The third-order valence-electron chi connectivity index (χ3n) is 4.57. The SMILES string of the molecule is Cc1ccc(OCCN2C(=O)S/C(=C\c3ccc(-c4ccc(Cl)cc4Cl)o3)C2=O)cc1. The standard InChI is InChI=1S/C23H17Cl2NO4S/c1-14-2-5-16(6-3-14)29-11-10-26-22(27)21(31-23(26)28)13-17-7-9-20(30-17)18-8-4-15(24)12-19(18)25/h2-9,12-13H,10-11H2,1H3/b21-13-. The Morgan fingerprint density at radius 3 is 2.58 bits per heavy atom. The minimum absolute atomic E-state index is 0.166. The number of halogens is 2. The lowest BCUT2D eigenvalue weighted by Gasteiger charge is -2.13. The molecule has 5 nitrogen and oxygen atoms in total. The summed E-state index contributed by atoms with van der Waals surface area (Å²) in [4.78, 5) is 26.4. The molecule has 2 amide bonds. The molecule has 3 aromatic rings. The van der Waals surface area contributed by atoms with E-state index in [0.717, 1.165) is 17.3 Å². The van der Waals surface area contributed by atoms with Crippen molar-refractivity contribution in [3.8, 4) is 17.1 Å². The molecule has 158 valence electrons. The lowest BCUT2D eigenvalue weighted by molar-refractivity contribution is -0.123. The molecule has 8 heteroatoms. The number of benzene rings is 2. The summed E-state index contributed by atoms with van der Waals surface area (Å²) in [6.07, 6.45) is 1.55. The van der Waals surface area contributed by atoms with Crippen molar-refractivity contribution >= 4 is 52.2 Å². The normalized spacial score (nSPS) is 15.2. The van der Waals surface area contributed by atoms with Gasteiger partial charge in [-0.05, 0) is 61.2 Å². The van der Waals surface area contributed by atoms with Gasteiger partial charge in [0.15, 0.2) is 0 Å². The minimum Gasteiger partial charge on any atom is -0.492 e. The molecule has 2 heterocycles. The highest BCUT2D eigenvalue weighted by Crippen LogP contribution is 2.35. The van der Waals surface area contributed by atoms with Crippen LogP contribution in [0, 0.1) is 6.92 Å². The van der Waals surface area contributed by atoms with E-state index in [1.165, 1.54) is 4.90 Å². The van der Waals surface area contributed by atoms with Crippen LogP contribution in [0.1, 0.15) is 11.3 Å². The highest BCUT2D eigenvalue weighted by atomic mass is 35.5. The third-order valence-corrected chi connectivity index (χ3v) is 6.03. The Morgan fingerprint density at radius 1 is 1.06 bits per heavy atom. The van der Waals surface area contributed by atoms with Crippen molar-refractivity contribution in [2.45, 2.75) is 6.92 Å². The van der Waals surface area contributed by atoms with Crippen molar-refractivity contribution in [3.05, 3.63) is 80.9 Å². The molecular formula is C23H17Cl2NO4S. The second kappa shape index (κ2) is 9.22. The molecule has 1 saturated heterocycles. The quantitative estimate of drug-likeness (QED) is 0.373. The second-order valence-corrected chi connectivity index (χ2v) is 8.66. The molecule has 4 rings (SSSR count). The van der Waals surface area contributed by atoms with Crippen molar-refractivity contribution in [2.75, 3.05) is 13.2 Å². The third kappa shape index (κ3) is 4.98. The Hall–Kier alpha value is -2.67. The molecule has 0 saturated carbocycles. The summed E-state index contributed by atoms with van der Waals surface area (Å²) >= 11 is 13.0. The number of carbonyl (C=O) groups is 2. The van der Waals surface area contributed by atoms with Gasteiger partial charge in [-0.2, -0.15) is 0 Å². The van der Waals surface area contributed by atoms with E-state index in [4.69, 9.17) is 32.4 Å².